The van der Waals surface area contributed by atoms with Gasteiger partial charge in [0.2, 0.25) is 0 Å². The van der Waals surface area contributed by atoms with Crippen molar-refractivity contribution in [3.05, 3.63) is 18.1 Å². The molecule has 1 aromatic rings. The summed E-state index contributed by atoms with van der Waals surface area (Å²) in [6, 6.07) is 0.473. The minimum absolute atomic E-state index is 0. The molecule has 0 bridgehead atoms. The zero-order valence-electron chi connectivity index (χ0n) is 9.05. The van der Waals surface area contributed by atoms with Crippen molar-refractivity contribution in [2.75, 3.05) is 25.0 Å². The second-order valence-electron chi connectivity index (χ2n) is 3.79. The van der Waals surface area contributed by atoms with Crippen LogP contribution in [0.25, 0.3) is 0 Å². The molecule has 6 nitrogen and oxygen atoms in total. The summed E-state index contributed by atoms with van der Waals surface area (Å²) in [5.74, 6) is -0.309. The summed E-state index contributed by atoms with van der Waals surface area (Å²) in [4.78, 5) is 20.7. The Morgan fingerprint density at radius 3 is 2.76 bits per heavy atom. The number of rotatable bonds is 3. The fourth-order valence-electron chi connectivity index (χ4n) is 1.80. The first kappa shape index (κ1) is 14.0. The summed E-state index contributed by atoms with van der Waals surface area (Å²) in [6.07, 6.45) is 3.88. The molecule has 0 spiro atoms. The Bertz CT molecular complexity index is 384. The standard InChI is InChI=1S/C10H14N4O2.Li.H/c1-11-7-2-3-14(6-7)9-5-12-8(4-13-9)10(15)16;;/h4-5,7,11H,2-3,6H2,1H3,(H,15,16);;. The summed E-state index contributed by atoms with van der Waals surface area (Å²) in [6.45, 7) is 1.81. The van der Waals surface area contributed by atoms with E-state index in [1.807, 2.05) is 7.05 Å². The van der Waals surface area contributed by atoms with Gasteiger partial charge in [-0.3, -0.25) is 0 Å². The normalized spacial score (nSPS) is 18.9. The first-order valence-electron chi connectivity index (χ1n) is 5.18. The van der Waals surface area contributed by atoms with Gasteiger partial charge in [0.15, 0.2) is 5.69 Å². The van der Waals surface area contributed by atoms with Crippen LogP contribution in [-0.4, -0.2) is 66.1 Å². The van der Waals surface area contributed by atoms with Gasteiger partial charge in [-0.2, -0.15) is 0 Å². The number of carboxylic acids is 1. The maximum atomic E-state index is 10.6. The molecule has 1 aliphatic heterocycles. The monoisotopic (exact) mass is 230 g/mol. The van der Waals surface area contributed by atoms with Gasteiger partial charge in [-0.05, 0) is 13.5 Å². The van der Waals surface area contributed by atoms with Crippen molar-refractivity contribution in [2.24, 2.45) is 0 Å². The molecular formula is C10H15LiN4O2. The molecule has 17 heavy (non-hydrogen) atoms. The molecule has 1 fully saturated rings. The Balaban J connectivity index is 0.00000144. The van der Waals surface area contributed by atoms with Crippen molar-refractivity contribution in [2.45, 2.75) is 12.5 Å². The van der Waals surface area contributed by atoms with Crippen molar-refractivity contribution in [1.82, 2.24) is 15.3 Å². The fraction of sp³-hybridized carbons (Fsp3) is 0.500. The molecule has 1 aromatic heterocycles. The topological polar surface area (TPSA) is 78.4 Å². The maximum absolute atomic E-state index is 10.6. The van der Waals surface area contributed by atoms with E-state index in [1.54, 1.807) is 0 Å². The van der Waals surface area contributed by atoms with Crippen LogP contribution >= 0.6 is 0 Å². The number of hydrogen-bond acceptors (Lipinski definition) is 5. The molecule has 1 atom stereocenters. The number of anilines is 1. The van der Waals surface area contributed by atoms with E-state index in [9.17, 15) is 4.79 Å². The van der Waals surface area contributed by atoms with Gasteiger partial charge in [0, 0.05) is 19.1 Å². The molecule has 0 amide bonds. The SMILES string of the molecule is CNC1CCN(c2cnc(C(=O)O)cn2)C1.[LiH]. The molecule has 0 saturated carbocycles. The fourth-order valence-corrected chi connectivity index (χ4v) is 1.80. The van der Waals surface area contributed by atoms with Gasteiger partial charge in [-0.1, -0.05) is 0 Å². The minimum atomic E-state index is -1.05. The van der Waals surface area contributed by atoms with Crippen molar-refractivity contribution in [1.29, 1.82) is 0 Å². The van der Waals surface area contributed by atoms with E-state index in [0.717, 1.165) is 25.3 Å². The molecule has 1 unspecified atom stereocenters. The summed E-state index contributed by atoms with van der Waals surface area (Å²) >= 11 is 0. The van der Waals surface area contributed by atoms with Crippen LogP contribution in [0.4, 0.5) is 5.82 Å². The van der Waals surface area contributed by atoms with Gasteiger partial charge >= 0.3 is 24.8 Å². The molecule has 88 valence electrons. The second kappa shape index (κ2) is 6.01. The predicted molar refractivity (Wildman–Crippen MR) is 65.8 cm³/mol. The molecular weight excluding hydrogens is 215 g/mol. The van der Waals surface area contributed by atoms with Gasteiger partial charge in [-0.25, -0.2) is 14.8 Å². The van der Waals surface area contributed by atoms with Crippen LogP contribution < -0.4 is 10.2 Å². The summed E-state index contributed by atoms with van der Waals surface area (Å²) in [5, 5.41) is 11.9. The molecule has 2 rings (SSSR count). The number of carbonyl (C=O) groups is 1. The number of carboxylic acid groups (broad SMARTS) is 1. The number of nitrogens with zero attached hydrogens (tertiary/aromatic N) is 3. The summed E-state index contributed by atoms with van der Waals surface area (Å²) in [7, 11) is 1.94. The quantitative estimate of drug-likeness (QED) is 0.670. The number of likely N-dealkylation sites (N-methyl/N-ethyl adjacent to an activating group) is 1. The predicted octanol–water partition coefficient (Wildman–Crippen LogP) is -0.676. The number of aromatic carboxylic acids is 1. The van der Waals surface area contributed by atoms with Gasteiger partial charge in [0.05, 0.1) is 12.4 Å². The number of nitrogens with one attached hydrogen (secondary N) is 1. The average Bonchev–Trinajstić information content (AvgIpc) is 2.77. The summed E-state index contributed by atoms with van der Waals surface area (Å²) < 4.78 is 0. The van der Waals surface area contributed by atoms with Crippen molar-refractivity contribution < 1.29 is 9.90 Å². The molecule has 1 saturated heterocycles. The third-order valence-electron chi connectivity index (χ3n) is 2.78. The van der Waals surface area contributed by atoms with Gasteiger partial charge in [-0.15, -0.1) is 0 Å². The first-order chi connectivity index (χ1) is 7.70. The third-order valence-corrected chi connectivity index (χ3v) is 2.78. The zero-order chi connectivity index (χ0) is 11.5. The molecule has 2 N–H and O–H groups in total. The van der Waals surface area contributed by atoms with Crippen molar-refractivity contribution in [3.8, 4) is 0 Å². The third kappa shape index (κ3) is 3.19. The Morgan fingerprint density at radius 2 is 2.29 bits per heavy atom. The first-order valence-corrected chi connectivity index (χ1v) is 5.18. The Labute approximate surface area is 112 Å². The van der Waals surface area contributed by atoms with Crippen LogP contribution in [0.5, 0.6) is 0 Å². The molecule has 0 aromatic carbocycles. The van der Waals surface area contributed by atoms with Gasteiger partial charge < -0.3 is 15.3 Å². The van der Waals surface area contributed by atoms with Crippen molar-refractivity contribution >= 4 is 30.6 Å². The van der Waals surface area contributed by atoms with E-state index in [4.69, 9.17) is 5.11 Å². The molecule has 7 heteroatoms. The Morgan fingerprint density at radius 1 is 1.53 bits per heavy atom. The van der Waals surface area contributed by atoms with Crippen LogP contribution in [0.15, 0.2) is 12.4 Å². The van der Waals surface area contributed by atoms with Crippen LogP contribution in [0, 0.1) is 0 Å². The van der Waals surface area contributed by atoms with E-state index in [2.05, 4.69) is 20.2 Å². The Hall–Kier alpha value is -1.09. The number of hydrogen-bond donors (Lipinski definition) is 2. The van der Waals surface area contributed by atoms with E-state index in [-0.39, 0.29) is 24.6 Å². The van der Waals surface area contributed by atoms with Gasteiger partial charge in [0.1, 0.15) is 5.82 Å². The molecule has 2 heterocycles. The average molecular weight is 230 g/mol. The van der Waals surface area contributed by atoms with E-state index in [1.165, 1.54) is 12.4 Å². The van der Waals surface area contributed by atoms with Gasteiger partial charge in [0.25, 0.3) is 0 Å². The van der Waals surface area contributed by atoms with E-state index >= 15 is 0 Å². The summed E-state index contributed by atoms with van der Waals surface area (Å²) in [5.41, 5.74) is -0.0203. The van der Waals surface area contributed by atoms with Crippen LogP contribution in [0.2, 0.25) is 0 Å². The van der Waals surface area contributed by atoms with Crippen LogP contribution in [0.1, 0.15) is 16.9 Å². The second-order valence-corrected chi connectivity index (χ2v) is 3.79. The number of aromatic nitrogens is 2. The van der Waals surface area contributed by atoms with Crippen LogP contribution in [-0.2, 0) is 0 Å². The Kier molecular flexibility index (Phi) is 4.94. The molecule has 1 aliphatic rings. The van der Waals surface area contributed by atoms with E-state index < -0.39 is 5.97 Å². The molecule has 0 aliphatic carbocycles. The van der Waals surface area contributed by atoms with Crippen molar-refractivity contribution in [3.63, 3.8) is 0 Å². The molecule has 0 radical (unpaired) electrons. The van der Waals surface area contributed by atoms with Crippen LogP contribution in [0.3, 0.4) is 0 Å². The van der Waals surface area contributed by atoms with E-state index in [0.29, 0.717) is 6.04 Å². The zero-order valence-corrected chi connectivity index (χ0v) is 9.05.